The van der Waals surface area contributed by atoms with Gasteiger partial charge in [-0.3, -0.25) is 14.6 Å². The van der Waals surface area contributed by atoms with Gasteiger partial charge in [-0.15, -0.1) is 0 Å². The van der Waals surface area contributed by atoms with Crippen LogP contribution in [0.25, 0.3) is 0 Å². The molecule has 7 nitrogen and oxygen atoms in total. The van der Waals surface area contributed by atoms with Crippen LogP contribution in [0, 0.1) is 0 Å². The number of methoxy groups -OCH3 is 1. The highest BCUT2D eigenvalue weighted by Gasteiger charge is 2.12. The molecule has 0 saturated heterocycles. The molecule has 0 atom stereocenters. The van der Waals surface area contributed by atoms with Gasteiger partial charge in [0.05, 0.1) is 7.11 Å². The third-order valence-electron chi connectivity index (χ3n) is 4.20. The Morgan fingerprint density at radius 1 is 0.897 bits per heavy atom. The molecule has 0 aliphatic heterocycles. The van der Waals surface area contributed by atoms with Gasteiger partial charge >= 0.3 is 0 Å². The van der Waals surface area contributed by atoms with Crippen LogP contribution < -0.4 is 20.1 Å². The van der Waals surface area contributed by atoms with Crippen molar-refractivity contribution in [1.29, 1.82) is 0 Å². The van der Waals surface area contributed by atoms with E-state index in [1.807, 2.05) is 12.1 Å². The van der Waals surface area contributed by atoms with E-state index in [1.165, 1.54) is 0 Å². The summed E-state index contributed by atoms with van der Waals surface area (Å²) in [4.78, 5) is 28.2. The second-order valence-corrected chi connectivity index (χ2v) is 6.12. The number of carbonyl (C=O) groups excluding carboxylic acids is 2. The number of aromatic nitrogens is 1. The molecule has 0 bridgehead atoms. The number of rotatable bonds is 7. The molecule has 0 aliphatic carbocycles. The fraction of sp³-hybridized carbons (Fsp3) is 0.136. The van der Waals surface area contributed by atoms with Gasteiger partial charge in [0.25, 0.3) is 11.8 Å². The summed E-state index contributed by atoms with van der Waals surface area (Å²) in [6, 6.07) is 15.3. The van der Waals surface area contributed by atoms with Gasteiger partial charge in [0.15, 0.2) is 11.5 Å². The van der Waals surface area contributed by atoms with Crippen LogP contribution in [0.3, 0.4) is 0 Å². The van der Waals surface area contributed by atoms with Crippen molar-refractivity contribution >= 4 is 17.5 Å². The Labute approximate surface area is 168 Å². The molecule has 1 aromatic heterocycles. The lowest BCUT2D eigenvalue weighted by molar-refractivity contribution is 0.0962. The van der Waals surface area contributed by atoms with Crippen molar-refractivity contribution in [3.8, 4) is 11.5 Å². The lowest BCUT2D eigenvalue weighted by Gasteiger charge is -2.13. The average Bonchev–Trinajstić information content (AvgIpc) is 2.78. The van der Waals surface area contributed by atoms with Crippen molar-refractivity contribution in [3.05, 3.63) is 83.7 Å². The first-order chi connectivity index (χ1) is 14.1. The van der Waals surface area contributed by atoms with Crippen LogP contribution in [0.15, 0.2) is 67.0 Å². The monoisotopic (exact) mass is 391 g/mol. The molecule has 0 spiro atoms. The number of carbonyl (C=O) groups is 2. The molecule has 148 valence electrons. The average molecular weight is 391 g/mol. The highest BCUT2D eigenvalue weighted by molar-refractivity contribution is 6.05. The quantitative estimate of drug-likeness (QED) is 0.645. The highest BCUT2D eigenvalue weighted by Crippen LogP contribution is 2.29. The van der Waals surface area contributed by atoms with Crippen LogP contribution >= 0.6 is 0 Å². The van der Waals surface area contributed by atoms with E-state index in [4.69, 9.17) is 9.47 Å². The highest BCUT2D eigenvalue weighted by atomic mass is 16.5. The number of nitrogens with one attached hydrogen (secondary N) is 2. The number of pyridine rings is 1. The zero-order chi connectivity index (χ0) is 20.6. The van der Waals surface area contributed by atoms with Gasteiger partial charge in [-0.1, -0.05) is 0 Å². The molecule has 29 heavy (non-hydrogen) atoms. The second-order valence-electron chi connectivity index (χ2n) is 6.12. The fourth-order valence-corrected chi connectivity index (χ4v) is 2.62. The number of amides is 2. The minimum atomic E-state index is -0.297. The summed E-state index contributed by atoms with van der Waals surface area (Å²) in [5.74, 6) is 0.514. The summed E-state index contributed by atoms with van der Waals surface area (Å²) in [6.07, 6.45) is 3.38. The topological polar surface area (TPSA) is 89.6 Å². The number of benzene rings is 2. The molecule has 0 aliphatic rings. The largest absolute Gasteiger partial charge is 0.493 e. The maximum Gasteiger partial charge on any atom is 0.255 e. The standard InChI is InChI=1S/C22H21N3O4/c1-23-21(26)16-3-6-18(7-4-16)25-22(27)17-5-8-19(28-2)20(13-17)29-14-15-9-11-24-12-10-15/h3-13H,14H2,1-2H3,(H,23,26)(H,25,27). The summed E-state index contributed by atoms with van der Waals surface area (Å²) in [6.45, 7) is 0.324. The Kier molecular flexibility index (Phi) is 6.42. The van der Waals surface area contributed by atoms with Crippen molar-refractivity contribution in [2.45, 2.75) is 6.61 Å². The van der Waals surface area contributed by atoms with Crippen molar-refractivity contribution in [1.82, 2.24) is 10.3 Å². The number of hydrogen-bond donors (Lipinski definition) is 2. The van der Waals surface area contributed by atoms with Gasteiger partial charge in [-0.05, 0) is 60.2 Å². The van der Waals surface area contributed by atoms with E-state index in [0.717, 1.165) is 5.56 Å². The van der Waals surface area contributed by atoms with Gasteiger partial charge in [0.1, 0.15) is 6.61 Å². The van der Waals surface area contributed by atoms with Crippen molar-refractivity contribution < 1.29 is 19.1 Å². The molecule has 0 saturated carbocycles. The molecule has 3 aromatic rings. The SMILES string of the molecule is CNC(=O)c1ccc(NC(=O)c2ccc(OC)c(OCc3ccncc3)c2)cc1. The predicted molar refractivity (Wildman–Crippen MR) is 109 cm³/mol. The van der Waals surface area contributed by atoms with E-state index < -0.39 is 0 Å². The molecule has 0 radical (unpaired) electrons. The zero-order valence-corrected chi connectivity index (χ0v) is 16.1. The normalized spacial score (nSPS) is 10.1. The van der Waals surface area contributed by atoms with Crippen molar-refractivity contribution in [3.63, 3.8) is 0 Å². The first-order valence-corrected chi connectivity index (χ1v) is 8.94. The second kappa shape index (κ2) is 9.36. The Morgan fingerprint density at radius 3 is 2.24 bits per heavy atom. The van der Waals surface area contributed by atoms with Crippen LogP contribution in [0.1, 0.15) is 26.3 Å². The zero-order valence-electron chi connectivity index (χ0n) is 16.1. The molecule has 2 N–H and O–H groups in total. The molecule has 0 unspecified atom stereocenters. The summed E-state index contributed by atoms with van der Waals surface area (Å²) >= 11 is 0. The molecule has 7 heteroatoms. The first kappa shape index (κ1) is 19.9. The van der Waals surface area contributed by atoms with Crippen LogP contribution in [0.5, 0.6) is 11.5 Å². The summed E-state index contributed by atoms with van der Waals surface area (Å²) in [7, 11) is 3.11. The molecular weight excluding hydrogens is 370 g/mol. The predicted octanol–water partition coefficient (Wildman–Crippen LogP) is 3.28. The van der Waals surface area contributed by atoms with Crippen LogP contribution in [0.4, 0.5) is 5.69 Å². The third-order valence-corrected chi connectivity index (χ3v) is 4.20. The Bertz CT molecular complexity index is 989. The maximum absolute atomic E-state index is 12.6. The van der Waals surface area contributed by atoms with Crippen LogP contribution in [-0.2, 0) is 6.61 Å². The molecule has 2 amide bonds. The van der Waals surface area contributed by atoms with E-state index in [1.54, 1.807) is 69.0 Å². The summed E-state index contributed by atoms with van der Waals surface area (Å²) < 4.78 is 11.2. The Morgan fingerprint density at radius 2 is 1.59 bits per heavy atom. The van der Waals surface area contributed by atoms with E-state index >= 15 is 0 Å². The number of hydrogen-bond acceptors (Lipinski definition) is 5. The van der Waals surface area contributed by atoms with Gasteiger partial charge in [0.2, 0.25) is 0 Å². The van der Waals surface area contributed by atoms with E-state index in [2.05, 4.69) is 15.6 Å². The van der Waals surface area contributed by atoms with Crippen LogP contribution in [0.2, 0.25) is 0 Å². The van der Waals surface area contributed by atoms with Crippen molar-refractivity contribution in [2.75, 3.05) is 19.5 Å². The Hall–Kier alpha value is -3.87. The smallest absolute Gasteiger partial charge is 0.255 e. The number of nitrogens with zero attached hydrogens (tertiary/aromatic N) is 1. The van der Waals surface area contributed by atoms with Crippen molar-refractivity contribution in [2.24, 2.45) is 0 Å². The van der Waals surface area contributed by atoms with E-state index in [-0.39, 0.29) is 11.8 Å². The first-order valence-electron chi connectivity index (χ1n) is 8.94. The third kappa shape index (κ3) is 5.10. The molecular formula is C22H21N3O4. The molecule has 3 rings (SSSR count). The van der Waals surface area contributed by atoms with Crippen LogP contribution in [-0.4, -0.2) is 31.0 Å². The fourth-order valence-electron chi connectivity index (χ4n) is 2.62. The molecule has 1 heterocycles. The van der Waals surface area contributed by atoms with Gasteiger partial charge in [-0.25, -0.2) is 0 Å². The summed E-state index contributed by atoms with van der Waals surface area (Å²) in [5.41, 5.74) is 2.47. The summed E-state index contributed by atoms with van der Waals surface area (Å²) in [5, 5.41) is 5.36. The minimum Gasteiger partial charge on any atom is -0.493 e. The molecule has 0 fully saturated rings. The van der Waals surface area contributed by atoms with E-state index in [9.17, 15) is 9.59 Å². The maximum atomic E-state index is 12.6. The minimum absolute atomic E-state index is 0.186. The van der Waals surface area contributed by atoms with E-state index in [0.29, 0.717) is 34.9 Å². The van der Waals surface area contributed by atoms with Gasteiger partial charge in [0, 0.05) is 36.3 Å². The molecule has 2 aromatic carbocycles. The lowest BCUT2D eigenvalue weighted by atomic mass is 10.1. The number of ether oxygens (including phenoxy) is 2. The number of anilines is 1. The van der Waals surface area contributed by atoms with Gasteiger partial charge < -0.3 is 20.1 Å². The lowest BCUT2D eigenvalue weighted by Crippen LogP contribution is -2.18. The Balaban J connectivity index is 1.72. The van der Waals surface area contributed by atoms with Gasteiger partial charge in [-0.2, -0.15) is 0 Å².